The Morgan fingerprint density at radius 2 is 1.31 bits per heavy atom. The summed E-state index contributed by atoms with van der Waals surface area (Å²) in [5.74, 6) is -1.62. The number of hydrogen-bond acceptors (Lipinski definition) is 3. The van der Waals surface area contributed by atoms with Gasteiger partial charge < -0.3 is 0 Å². The molecule has 13 heavy (non-hydrogen) atoms. The molecule has 0 radical (unpaired) electrons. The number of amides is 4. The van der Waals surface area contributed by atoms with Crippen molar-refractivity contribution >= 4 is 55.6 Å². The number of nitrogens with zero attached hydrogens (tertiary/aromatic N) is 2. The van der Waals surface area contributed by atoms with E-state index in [2.05, 4.69) is 0 Å². The van der Waals surface area contributed by atoms with E-state index in [9.17, 15) is 14.4 Å². The summed E-state index contributed by atoms with van der Waals surface area (Å²) in [4.78, 5) is 35.3. The molecule has 1 aliphatic rings. The Morgan fingerprint density at radius 1 is 1.00 bits per heavy atom. The zero-order valence-corrected chi connectivity index (χ0v) is 7.20. The topological polar surface area (TPSA) is 57.7 Å². The number of imide groups is 2. The molecule has 0 saturated carbocycles. The van der Waals surface area contributed by atoms with Gasteiger partial charge in [0.2, 0.25) is 11.8 Å². The van der Waals surface area contributed by atoms with Crippen LogP contribution in [-0.2, 0) is 9.59 Å². The second-order valence-electron chi connectivity index (χ2n) is 2.80. The first-order chi connectivity index (χ1) is 5.46. The molecule has 0 aromatic rings. The SMILES string of the molecule is CC1C(=O)N(C)C(=O)N(C)C1=O.[CaH2]. The zero-order valence-electron chi connectivity index (χ0n) is 7.20. The third-order valence-electron chi connectivity index (χ3n) is 1.98. The monoisotopic (exact) mass is 212 g/mol. The number of urea groups is 1. The molecule has 0 spiro atoms. The van der Waals surface area contributed by atoms with Crippen LogP contribution in [0.25, 0.3) is 0 Å². The van der Waals surface area contributed by atoms with Gasteiger partial charge in [0.25, 0.3) is 0 Å². The number of barbiturate groups is 1. The van der Waals surface area contributed by atoms with Gasteiger partial charge in [-0.15, -0.1) is 0 Å². The van der Waals surface area contributed by atoms with Gasteiger partial charge in [0, 0.05) is 14.1 Å². The fourth-order valence-corrected chi connectivity index (χ4v) is 1.10. The van der Waals surface area contributed by atoms with Crippen molar-refractivity contribution in [2.24, 2.45) is 5.92 Å². The summed E-state index contributed by atoms with van der Waals surface area (Å²) in [5.41, 5.74) is 0. The summed E-state index contributed by atoms with van der Waals surface area (Å²) in [6.07, 6.45) is 0. The van der Waals surface area contributed by atoms with Crippen molar-refractivity contribution < 1.29 is 14.4 Å². The molecule has 6 heteroatoms. The molecule has 70 valence electrons. The molecule has 0 aromatic heterocycles. The maximum atomic E-state index is 11.1. The van der Waals surface area contributed by atoms with Gasteiger partial charge in [-0.2, -0.15) is 0 Å². The minimum absolute atomic E-state index is 0. The third-order valence-corrected chi connectivity index (χ3v) is 1.98. The molecule has 1 rings (SSSR count). The van der Waals surface area contributed by atoms with E-state index in [0.717, 1.165) is 9.80 Å². The molecule has 0 atom stereocenters. The van der Waals surface area contributed by atoms with Gasteiger partial charge in [-0.1, -0.05) is 0 Å². The Hall–Kier alpha value is -0.130. The van der Waals surface area contributed by atoms with Crippen LogP contribution in [0.15, 0.2) is 0 Å². The van der Waals surface area contributed by atoms with Crippen molar-refractivity contribution in [3.63, 3.8) is 0 Å². The fourth-order valence-electron chi connectivity index (χ4n) is 1.10. The normalized spacial score (nSPS) is 19.2. The minimum atomic E-state index is -0.738. The van der Waals surface area contributed by atoms with Crippen LogP contribution in [0.4, 0.5) is 4.79 Å². The quantitative estimate of drug-likeness (QED) is 0.373. The molecule has 0 aromatic carbocycles. The second kappa shape index (κ2) is 4.39. The van der Waals surface area contributed by atoms with Gasteiger partial charge in [-0.05, 0) is 6.92 Å². The third kappa shape index (κ3) is 2.03. The Morgan fingerprint density at radius 3 is 1.62 bits per heavy atom. The van der Waals surface area contributed by atoms with E-state index in [1.54, 1.807) is 0 Å². The van der Waals surface area contributed by atoms with Crippen molar-refractivity contribution in [1.29, 1.82) is 0 Å². The summed E-state index contributed by atoms with van der Waals surface area (Å²) < 4.78 is 0. The van der Waals surface area contributed by atoms with E-state index in [1.165, 1.54) is 21.0 Å². The number of carbonyl (C=O) groups is 3. The van der Waals surface area contributed by atoms with Crippen molar-refractivity contribution in [2.45, 2.75) is 6.92 Å². The Kier molecular flexibility index (Phi) is 4.35. The Bertz CT molecular complexity index is 206. The standard InChI is InChI=1S/C7H10N2O3.Ca.2H/c1-4-5(10)8(2)7(12)9(3)6(4)11;;;/h4H,1-3H3;;;. The van der Waals surface area contributed by atoms with Gasteiger partial charge in [-0.3, -0.25) is 19.4 Å². The summed E-state index contributed by atoms with van der Waals surface area (Å²) in [7, 11) is 2.73. The van der Waals surface area contributed by atoms with Crippen molar-refractivity contribution in [1.82, 2.24) is 9.80 Å². The van der Waals surface area contributed by atoms with Crippen molar-refractivity contribution in [3.05, 3.63) is 0 Å². The van der Waals surface area contributed by atoms with E-state index in [-0.39, 0.29) is 37.7 Å². The molecule has 1 saturated heterocycles. The number of carbonyl (C=O) groups excluding carboxylic acids is 3. The maximum absolute atomic E-state index is 11.1. The summed E-state index contributed by atoms with van der Waals surface area (Å²) >= 11 is 0. The van der Waals surface area contributed by atoms with E-state index >= 15 is 0 Å². The van der Waals surface area contributed by atoms with E-state index in [4.69, 9.17) is 0 Å². The van der Waals surface area contributed by atoms with Crippen LogP contribution in [0, 0.1) is 5.92 Å². The molecule has 0 aliphatic carbocycles. The van der Waals surface area contributed by atoms with Crippen LogP contribution in [-0.4, -0.2) is 79.5 Å². The van der Waals surface area contributed by atoms with Crippen LogP contribution in [0.3, 0.4) is 0 Å². The van der Waals surface area contributed by atoms with Crippen LogP contribution < -0.4 is 0 Å². The Labute approximate surface area is 106 Å². The first-order valence-corrected chi connectivity index (χ1v) is 3.56. The van der Waals surface area contributed by atoms with E-state index in [0.29, 0.717) is 0 Å². The molecule has 1 fully saturated rings. The van der Waals surface area contributed by atoms with Gasteiger partial charge >= 0.3 is 43.8 Å². The number of hydrogen-bond donors (Lipinski definition) is 0. The average Bonchev–Trinajstić information content (AvgIpc) is 2.08. The van der Waals surface area contributed by atoms with Gasteiger partial charge in [0.15, 0.2) is 0 Å². The van der Waals surface area contributed by atoms with Crippen molar-refractivity contribution in [2.75, 3.05) is 14.1 Å². The van der Waals surface area contributed by atoms with Crippen LogP contribution in [0.1, 0.15) is 6.92 Å². The first-order valence-electron chi connectivity index (χ1n) is 3.56. The average molecular weight is 212 g/mol. The predicted molar refractivity (Wildman–Crippen MR) is 48.6 cm³/mol. The molecule has 1 heterocycles. The molecule has 1 aliphatic heterocycles. The van der Waals surface area contributed by atoms with Crippen LogP contribution in [0.5, 0.6) is 0 Å². The van der Waals surface area contributed by atoms with Crippen LogP contribution >= 0.6 is 0 Å². The van der Waals surface area contributed by atoms with Crippen molar-refractivity contribution in [3.8, 4) is 0 Å². The van der Waals surface area contributed by atoms with Gasteiger partial charge in [0.1, 0.15) is 5.92 Å². The van der Waals surface area contributed by atoms with Crippen LogP contribution in [0.2, 0.25) is 0 Å². The fraction of sp³-hybridized carbons (Fsp3) is 0.571. The zero-order chi connectivity index (χ0) is 9.46. The van der Waals surface area contributed by atoms with Gasteiger partial charge in [0.05, 0.1) is 0 Å². The predicted octanol–water partition coefficient (Wildman–Crippen LogP) is -1.24. The van der Waals surface area contributed by atoms with Gasteiger partial charge in [-0.25, -0.2) is 4.79 Å². The molecule has 5 nitrogen and oxygen atoms in total. The first kappa shape index (κ1) is 12.9. The number of rotatable bonds is 0. The molecular weight excluding hydrogens is 200 g/mol. The molecule has 0 bridgehead atoms. The summed E-state index contributed by atoms with van der Waals surface area (Å²) in [6.45, 7) is 1.49. The second-order valence-corrected chi connectivity index (χ2v) is 2.80. The molecular formula is C7H12CaN2O3. The summed E-state index contributed by atoms with van der Waals surface area (Å²) in [6, 6.07) is -0.567. The molecule has 0 unspecified atom stereocenters. The van der Waals surface area contributed by atoms with E-state index < -0.39 is 23.8 Å². The Balaban J connectivity index is 0.00000144. The van der Waals surface area contributed by atoms with E-state index in [1.807, 2.05) is 0 Å². The molecule has 0 N–H and O–H groups in total. The molecule has 4 amide bonds. The summed E-state index contributed by atoms with van der Waals surface area (Å²) in [5, 5.41) is 0.